The molecule has 0 aliphatic heterocycles. The van der Waals surface area contributed by atoms with E-state index < -0.39 is 5.97 Å². The van der Waals surface area contributed by atoms with Crippen molar-refractivity contribution in [2.45, 2.75) is 38.6 Å². The van der Waals surface area contributed by atoms with Crippen LogP contribution in [-0.2, 0) is 25.6 Å². The van der Waals surface area contributed by atoms with E-state index in [2.05, 4.69) is 15.5 Å². The number of hydrogen-bond donors (Lipinski definition) is 1. The summed E-state index contributed by atoms with van der Waals surface area (Å²) >= 11 is 2.37. The first-order valence-corrected chi connectivity index (χ1v) is 10.4. The Morgan fingerprint density at radius 3 is 2.57 bits per heavy atom. The topological polar surface area (TPSA) is 112 Å². The molecule has 0 saturated carbocycles. The van der Waals surface area contributed by atoms with E-state index in [1.807, 2.05) is 6.92 Å². The highest BCUT2D eigenvalue weighted by Gasteiger charge is 2.19. The molecule has 0 unspecified atom stereocenters. The summed E-state index contributed by atoms with van der Waals surface area (Å²) in [6, 6.07) is 1.70. The predicted molar refractivity (Wildman–Crippen MR) is 106 cm³/mol. The van der Waals surface area contributed by atoms with Crippen LogP contribution >= 0.6 is 23.1 Å². The number of hydrogen-bond acceptors (Lipinski definition) is 9. The van der Waals surface area contributed by atoms with E-state index in [0.29, 0.717) is 27.3 Å². The van der Waals surface area contributed by atoms with E-state index in [1.54, 1.807) is 31.4 Å². The second-order valence-corrected chi connectivity index (χ2v) is 7.81. The minimum absolute atomic E-state index is 0.0297. The second kappa shape index (κ2) is 10.2. The first kappa shape index (κ1) is 21.9. The van der Waals surface area contributed by atoms with Gasteiger partial charge in [0.05, 0.1) is 24.5 Å². The number of ether oxygens (including phenoxy) is 2. The summed E-state index contributed by atoms with van der Waals surface area (Å²) in [7, 11) is 0. The van der Waals surface area contributed by atoms with Crippen LogP contribution in [0.15, 0.2) is 10.4 Å². The highest BCUT2D eigenvalue weighted by atomic mass is 32.2. The molecule has 0 fully saturated rings. The van der Waals surface area contributed by atoms with Gasteiger partial charge >= 0.3 is 11.9 Å². The molecule has 11 heteroatoms. The van der Waals surface area contributed by atoms with Crippen molar-refractivity contribution >= 4 is 46.1 Å². The fourth-order valence-electron chi connectivity index (χ4n) is 2.40. The average Bonchev–Trinajstić information content (AvgIpc) is 3.19. The number of aryl methyl sites for hydroxylation is 1. The third kappa shape index (κ3) is 5.80. The van der Waals surface area contributed by atoms with Gasteiger partial charge in [0, 0.05) is 11.4 Å². The Hall–Kier alpha value is -2.40. The summed E-state index contributed by atoms with van der Waals surface area (Å²) in [5.74, 6) is -0.899. The zero-order valence-corrected chi connectivity index (χ0v) is 17.7. The number of nitrogens with one attached hydrogen (secondary N) is 1. The van der Waals surface area contributed by atoms with E-state index in [9.17, 15) is 14.4 Å². The third-order valence-electron chi connectivity index (χ3n) is 3.64. The summed E-state index contributed by atoms with van der Waals surface area (Å²) in [6.07, 6.45) is 0. The fourth-order valence-corrected chi connectivity index (χ4v) is 3.97. The molecule has 0 spiro atoms. The quantitative estimate of drug-likeness (QED) is 0.370. The van der Waals surface area contributed by atoms with Crippen LogP contribution in [0.25, 0.3) is 0 Å². The zero-order valence-electron chi connectivity index (χ0n) is 16.1. The lowest BCUT2D eigenvalue weighted by atomic mass is 10.2. The van der Waals surface area contributed by atoms with E-state index in [0.717, 1.165) is 5.69 Å². The van der Waals surface area contributed by atoms with Crippen LogP contribution in [0.4, 0.5) is 5.13 Å². The van der Waals surface area contributed by atoms with Gasteiger partial charge in [0.15, 0.2) is 4.34 Å². The van der Waals surface area contributed by atoms with E-state index in [4.69, 9.17) is 9.47 Å². The summed E-state index contributed by atoms with van der Waals surface area (Å²) in [4.78, 5) is 35.7. The zero-order chi connectivity index (χ0) is 20.7. The normalized spacial score (nSPS) is 10.6. The summed E-state index contributed by atoms with van der Waals surface area (Å²) in [5.41, 5.74) is 1.88. The monoisotopic (exact) mass is 426 g/mol. The number of esters is 2. The number of rotatable bonds is 9. The highest BCUT2D eigenvalue weighted by Crippen LogP contribution is 2.25. The third-order valence-corrected chi connectivity index (χ3v) is 5.59. The predicted octanol–water partition coefficient (Wildman–Crippen LogP) is 2.43. The molecule has 0 radical (unpaired) electrons. The Bertz CT molecular complexity index is 862. The molecule has 0 bridgehead atoms. The van der Waals surface area contributed by atoms with Gasteiger partial charge in [0.1, 0.15) is 6.54 Å². The minimum atomic E-state index is -0.408. The van der Waals surface area contributed by atoms with Gasteiger partial charge in [-0.2, -0.15) is 0 Å². The molecule has 1 N–H and O–H groups in total. The smallest absolute Gasteiger partial charge is 0.339 e. The number of nitrogens with zero attached hydrogens (tertiary/aromatic N) is 3. The maximum absolute atomic E-state index is 12.4. The standard InChI is InChI=1S/C17H22N4O5S2/c1-5-25-14(23)9-27-17-20-19-16(28-17)18-13(22)8-21-10(3)7-12(11(21)4)15(24)26-6-2/h7H,5-6,8-9H2,1-4H3,(H,18,19,22). The summed E-state index contributed by atoms with van der Waals surface area (Å²) in [5, 5.41) is 10.9. The largest absolute Gasteiger partial charge is 0.465 e. The van der Waals surface area contributed by atoms with Crippen molar-refractivity contribution < 1.29 is 23.9 Å². The van der Waals surface area contributed by atoms with E-state index >= 15 is 0 Å². The van der Waals surface area contributed by atoms with Gasteiger partial charge in [-0.1, -0.05) is 23.1 Å². The molecular weight excluding hydrogens is 404 g/mol. The number of carbonyl (C=O) groups excluding carboxylic acids is 3. The van der Waals surface area contributed by atoms with Gasteiger partial charge in [-0.15, -0.1) is 10.2 Å². The molecule has 0 aromatic carbocycles. The molecule has 2 rings (SSSR count). The maximum Gasteiger partial charge on any atom is 0.339 e. The minimum Gasteiger partial charge on any atom is -0.465 e. The van der Waals surface area contributed by atoms with Crippen LogP contribution in [0.2, 0.25) is 0 Å². The van der Waals surface area contributed by atoms with Crippen LogP contribution in [-0.4, -0.2) is 51.6 Å². The molecule has 0 saturated heterocycles. The molecule has 2 aromatic heterocycles. The number of thioether (sulfide) groups is 1. The first-order chi connectivity index (χ1) is 13.3. The van der Waals surface area contributed by atoms with Gasteiger partial charge < -0.3 is 14.0 Å². The van der Waals surface area contributed by atoms with Crippen molar-refractivity contribution in [2.75, 3.05) is 24.3 Å². The van der Waals surface area contributed by atoms with Crippen LogP contribution < -0.4 is 5.32 Å². The van der Waals surface area contributed by atoms with Crippen LogP contribution in [0.1, 0.15) is 35.6 Å². The molecule has 0 aliphatic rings. The van der Waals surface area contributed by atoms with Gasteiger partial charge in [0.25, 0.3) is 0 Å². The van der Waals surface area contributed by atoms with Gasteiger partial charge in [-0.25, -0.2) is 4.79 Å². The van der Waals surface area contributed by atoms with Gasteiger partial charge in [0.2, 0.25) is 11.0 Å². The lowest BCUT2D eigenvalue weighted by molar-refractivity contribution is -0.139. The van der Waals surface area contributed by atoms with Crippen molar-refractivity contribution in [3.05, 3.63) is 23.0 Å². The molecule has 1 amide bonds. The SMILES string of the molecule is CCOC(=O)CSc1nnc(NC(=O)Cn2c(C)cc(C(=O)OCC)c2C)s1. The highest BCUT2D eigenvalue weighted by molar-refractivity contribution is 8.01. The molecule has 28 heavy (non-hydrogen) atoms. The lowest BCUT2D eigenvalue weighted by Crippen LogP contribution is -2.20. The first-order valence-electron chi connectivity index (χ1n) is 8.61. The van der Waals surface area contributed by atoms with Gasteiger partial charge in [-0.05, 0) is 33.8 Å². The summed E-state index contributed by atoms with van der Waals surface area (Å²) in [6.45, 7) is 7.71. The van der Waals surface area contributed by atoms with Crippen molar-refractivity contribution in [2.24, 2.45) is 0 Å². The number of aromatic nitrogens is 3. The number of carbonyl (C=O) groups is 3. The Morgan fingerprint density at radius 1 is 1.18 bits per heavy atom. The van der Waals surface area contributed by atoms with Crippen molar-refractivity contribution in [3.63, 3.8) is 0 Å². The molecule has 0 aliphatic carbocycles. The molecule has 2 heterocycles. The van der Waals surface area contributed by atoms with Crippen molar-refractivity contribution in [1.29, 1.82) is 0 Å². The van der Waals surface area contributed by atoms with E-state index in [-0.39, 0.29) is 30.8 Å². The van der Waals surface area contributed by atoms with Gasteiger partial charge in [-0.3, -0.25) is 14.9 Å². The molecular formula is C17H22N4O5S2. The Labute approximate surface area is 170 Å². The fraction of sp³-hybridized carbons (Fsp3) is 0.471. The molecule has 9 nitrogen and oxygen atoms in total. The van der Waals surface area contributed by atoms with Crippen LogP contribution in [0.3, 0.4) is 0 Å². The molecule has 152 valence electrons. The number of anilines is 1. The maximum atomic E-state index is 12.4. The Balaban J connectivity index is 1.96. The Kier molecular flexibility index (Phi) is 8.00. The van der Waals surface area contributed by atoms with Crippen molar-refractivity contribution in [1.82, 2.24) is 14.8 Å². The van der Waals surface area contributed by atoms with Crippen LogP contribution in [0.5, 0.6) is 0 Å². The lowest BCUT2D eigenvalue weighted by Gasteiger charge is -2.09. The van der Waals surface area contributed by atoms with E-state index in [1.165, 1.54) is 23.1 Å². The summed E-state index contributed by atoms with van der Waals surface area (Å²) < 4.78 is 12.2. The average molecular weight is 427 g/mol. The molecule has 0 atom stereocenters. The van der Waals surface area contributed by atoms with Crippen molar-refractivity contribution in [3.8, 4) is 0 Å². The number of amides is 1. The van der Waals surface area contributed by atoms with Crippen LogP contribution in [0, 0.1) is 13.8 Å². The second-order valence-electron chi connectivity index (χ2n) is 5.61. The Morgan fingerprint density at radius 2 is 1.89 bits per heavy atom. The molecule has 2 aromatic rings.